The average Bonchev–Trinajstić information content (AvgIpc) is 1.72. The normalized spacial score (nSPS) is 5.14. The molecule has 0 unspecified atom stereocenters. The summed E-state index contributed by atoms with van der Waals surface area (Å²) in [4.78, 5) is 0. The summed E-state index contributed by atoms with van der Waals surface area (Å²) in [6.45, 7) is 2.05. The molecule has 0 aliphatic carbocycles. The molecule has 7 heavy (non-hydrogen) atoms. The van der Waals surface area contributed by atoms with E-state index in [1.165, 1.54) is 0 Å². The van der Waals surface area contributed by atoms with Crippen molar-refractivity contribution in [2.45, 2.75) is 13.3 Å². The number of hydrogen-bond acceptors (Lipinski definition) is 3. The van der Waals surface area contributed by atoms with Crippen LogP contribution in [0.25, 0.3) is 0 Å². The van der Waals surface area contributed by atoms with Gasteiger partial charge in [0.1, 0.15) is 0 Å². The Kier molecular flexibility index (Phi) is 57.1. The van der Waals surface area contributed by atoms with Crippen LogP contribution in [0.4, 0.5) is 0 Å². The monoisotopic (exact) mass is 323 g/mol. The van der Waals surface area contributed by atoms with Crippen molar-refractivity contribution >= 4 is 36.0 Å². The van der Waals surface area contributed by atoms with Crippen molar-refractivity contribution in [3.05, 3.63) is 5.75 Å². The van der Waals surface area contributed by atoms with E-state index >= 15 is 0 Å². The van der Waals surface area contributed by atoms with Crippen molar-refractivity contribution in [2.75, 3.05) is 0 Å². The summed E-state index contributed by atoms with van der Waals surface area (Å²) in [7, 11) is 0. The second kappa shape index (κ2) is 25.1. The number of thiol groups is 1. The third-order valence-corrected chi connectivity index (χ3v) is 0.548. The van der Waals surface area contributed by atoms with Crippen molar-refractivity contribution in [2.24, 2.45) is 0 Å². The van der Waals surface area contributed by atoms with Gasteiger partial charge in [0.05, 0.1) is 0 Å². The van der Waals surface area contributed by atoms with E-state index < -0.39 is 0 Å². The van der Waals surface area contributed by atoms with Gasteiger partial charge in [-0.2, -0.15) is 6.42 Å². The zero-order chi connectivity index (χ0) is 5.41. The summed E-state index contributed by atoms with van der Waals surface area (Å²) in [6, 6.07) is 0. The van der Waals surface area contributed by atoms with E-state index in [0.29, 0.717) is 0 Å². The van der Waals surface area contributed by atoms with E-state index in [2.05, 4.69) is 36.0 Å². The standard InChI is InChI=1S/C3H7S.S2.W/c1-2-3-4;1-2;/h3-4H,2H2,1H3;;/q-1;-2;. The fourth-order valence-corrected chi connectivity index (χ4v) is 0. The van der Waals surface area contributed by atoms with Gasteiger partial charge < -0.3 is 36.0 Å². The third-order valence-electron chi connectivity index (χ3n) is 0.183. The van der Waals surface area contributed by atoms with Gasteiger partial charge in [0, 0.05) is 21.1 Å². The summed E-state index contributed by atoms with van der Waals surface area (Å²) in [5, 5.41) is 0. The van der Waals surface area contributed by atoms with Crippen LogP contribution >= 0.6 is 12.6 Å². The Labute approximate surface area is 75.7 Å². The topological polar surface area (TPSA) is 0 Å². The fourth-order valence-electron chi connectivity index (χ4n) is 0. The molecule has 4 heteroatoms. The second-order valence-corrected chi connectivity index (χ2v) is 0.956. The zero-order valence-electron chi connectivity index (χ0n) is 3.96. The van der Waals surface area contributed by atoms with E-state index in [1.54, 1.807) is 0 Å². The summed E-state index contributed by atoms with van der Waals surface area (Å²) in [5.74, 6) is 1.82. The van der Waals surface area contributed by atoms with Crippen LogP contribution in [0.3, 0.4) is 0 Å². The maximum Gasteiger partial charge on any atom is 0 e. The molecule has 0 amide bonds. The maximum absolute atomic E-state index is 3.80. The largest absolute Gasteiger partial charge is 1.00 e. The fraction of sp³-hybridized carbons (Fsp3) is 0.667. The molecule has 0 fully saturated rings. The molecule has 0 aliphatic heterocycles. The Morgan fingerprint density at radius 2 is 1.71 bits per heavy atom. The van der Waals surface area contributed by atoms with Gasteiger partial charge in [-0.05, 0) is 0 Å². The van der Waals surface area contributed by atoms with Crippen LogP contribution in [0, 0.1) is 5.75 Å². The maximum atomic E-state index is 3.80. The van der Waals surface area contributed by atoms with Crippen LogP contribution < -0.4 is 0 Å². The van der Waals surface area contributed by atoms with Gasteiger partial charge in [0.15, 0.2) is 0 Å². The molecule has 0 aliphatic rings. The Morgan fingerprint density at radius 1 is 1.57 bits per heavy atom. The molecule has 0 radical (unpaired) electrons. The van der Waals surface area contributed by atoms with Gasteiger partial charge in [-0.1, -0.05) is 6.92 Å². The molecule has 0 spiro atoms. The first-order valence-electron chi connectivity index (χ1n) is 1.54. The first kappa shape index (κ1) is 15.9. The van der Waals surface area contributed by atoms with Gasteiger partial charge in [0.2, 0.25) is 0 Å². The molecule has 0 N–H and O–H groups in total. The SMILES string of the molecule is CC[CH-]S.[S-][S-].[W]. The van der Waals surface area contributed by atoms with Crippen LogP contribution in [-0.2, 0) is 44.4 Å². The van der Waals surface area contributed by atoms with Crippen LogP contribution in [0.5, 0.6) is 0 Å². The minimum Gasteiger partial charge on any atom is -1.00 e. The van der Waals surface area contributed by atoms with Crippen LogP contribution in [0.2, 0.25) is 0 Å². The van der Waals surface area contributed by atoms with Crippen LogP contribution in [-0.4, -0.2) is 0 Å². The molecule has 0 saturated heterocycles. The summed E-state index contributed by atoms with van der Waals surface area (Å²) in [6.07, 6.45) is 1.06. The minimum atomic E-state index is 0. The molecule has 46 valence electrons. The van der Waals surface area contributed by atoms with E-state index in [4.69, 9.17) is 0 Å². The number of hydrogen-bond donors (Lipinski definition) is 1. The van der Waals surface area contributed by atoms with Crippen molar-refractivity contribution in [1.29, 1.82) is 0 Å². The summed E-state index contributed by atoms with van der Waals surface area (Å²) >= 11 is 11.1. The molecule has 0 heterocycles. The van der Waals surface area contributed by atoms with Gasteiger partial charge >= 0.3 is 0 Å². The van der Waals surface area contributed by atoms with Crippen LogP contribution in [0.15, 0.2) is 0 Å². The molecular weight excluding hydrogens is 316 g/mol. The smallest absolute Gasteiger partial charge is 0 e. The molecule has 0 nitrogen and oxygen atoms in total. The first-order valence-corrected chi connectivity index (χ1v) is 3.39. The first-order chi connectivity index (χ1) is 2.91. The molecule has 0 aromatic rings. The van der Waals surface area contributed by atoms with Gasteiger partial charge in [-0.15, -0.1) is 0 Å². The van der Waals surface area contributed by atoms with Crippen molar-refractivity contribution in [1.82, 2.24) is 0 Å². The molecule has 0 atom stereocenters. The predicted octanol–water partition coefficient (Wildman–Crippen LogP) is 1.48. The van der Waals surface area contributed by atoms with Gasteiger partial charge in [-0.3, -0.25) is 5.75 Å². The van der Waals surface area contributed by atoms with E-state index in [0.717, 1.165) is 6.42 Å². The van der Waals surface area contributed by atoms with E-state index in [-0.39, 0.29) is 21.1 Å². The Morgan fingerprint density at radius 3 is 1.71 bits per heavy atom. The summed E-state index contributed by atoms with van der Waals surface area (Å²) in [5.41, 5.74) is 0. The molecule has 0 saturated carbocycles. The van der Waals surface area contributed by atoms with Crippen molar-refractivity contribution < 1.29 is 21.1 Å². The quantitative estimate of drug-likeness (QED) is 0.336. The molecule has 0 bridgehead atoms. The van der Waals surface area contributed by atoms with E-state index in [9.17, 15) is 0 Å². The molecule has 0 aromatic heterocycles. The van der Waals surface area contributed by atoms with Crippen molar-refractivity contribution in [3.63, 3.8) is 0 Å². The second-order valence-electron chi connectivity index (χ2n) is 0.591. The van der Waals surface area contributed by atoms with Crippen molar-refractivity contribution in [3.8, 4) is 0 Å². The molecular formula is C3H7S3W-3. The summed E-state index contributed by atoms with van der Waals surface area (Å²) < 4.78 is 0. The minimum absolute atomic E-state index is 0. The van der Waals surface area contributed by atoms with Gasteiger partial charge in [0.25, 0.3) is 0 Å². The third kappa shape index (κ3) is 34.0. The Bertz CT molecular complexity index is 12.1. The Hall–Kier alpha value is 1.74. The van der Waals surface area contributed by atoms with Crippen LogP contribution in [0.1, 0.15) is 13.3 Å². The predicted molar refractivity (Wildman–Crippen MR) is 38.3 cm³/mol. The van der Waals surface area contributed by atoms with Gasteiger partial charge in [-0.25, -0.2) is 0 Å². The number of rotatable bonds is 1. The van der Waals surface area contributed by atoms with E-state index in [1.807, 2.05) is 12.7 Å². The molecule has 0 aromatic carbocycles. The average molecular weight is 323 g/mol. The molecule has 0 rings (SSSR count). The zero-order valence-corrected chi connectivity index (χ0v) is 9.42. The Balaban J connectivity index is -0.0000000480.